The lowest BCUT2D eigenvalue weighted by atomic mass is 10.1. The van der Waals surface area contributed by atoms with Gasteiger partial charge in [0.25, 0.3) is 5.91 Å². The van der Waals surface area contributed by atoms with Crippen molar-refractivity contribution in [3.05, 3.63) is 35.0 Å². The molecule has 1 aromatic carbocycles. The van der Waals surface area contributed by atoms with Crippen molar-refractivity contribution in [3.63, 3.8) is 0 Å². The lowest BCUT2D eigenvalue weighted by Crippen LogP contribution is -2.32. The highest BCUT2D eigenvalue weighted by molar-refractivity contribution is 7.08. The molecule has 1 heterocycles. The molecule has 0 bridgehead atoms. The average molecular weight is 293 g/mol. The molecule has 106 valence electrons. The van der Waals surface area contributed by atoms with E-state index >= 15 is 0 Å². The summed E-state index contributed by atoms with van der Waals surface area (Å²) in [7, 11) is 0. The summed E-state index contributed by atoms with van der Waals surface area (Å²) in [5, 5.41) is 6.90. The number of amides is 1. The summed E-state index contributed by atoms with van der Waals surface area (Å²) in [4.78, 5) is 12.7. The zero-order chi connectivity index (χ0) is 14.5. The van der Waals surface area contributed by atoms with Gasteiger partial charge in [-0.2, -0.15) is 0 Å². The molecule has 0 aliphatic carbocycles. The minimum Gasteiger partial charge on any atom is -0.349 e. The molecule has 1 amide bonds. The molecule has 0 fully saturated rings. The molecule has 0 saturated carbocycles. The highest BCUT2D eigenvalue weighted by Gasteiger charge is 2.19. The van der Waals surface area contributed by atoms with Gasteiger partial charge in [0.05, 0.1) is 0 Å². The summed E-state index contributed by atoms with van der Waals surface area (Å²) in [6.45, 7) is 4.04. The fraction of sp³-hybridized carbons (Fsp3) is 0.357. The van der Waals surface area contributed by atoms with Crippen molar-refractivity contribution < 1.29 is 9.18 Å². The average Bonchev–Trinajstić information content (AvgIpc) is 2.89. The van der Waals surface area contributed by atoms with Gasteiger partial charge in [0, 0.05) is 11.6 Å². The smallest absolute Gasteiger partial charge is 0.265 e. The van der Waals surface area contributed by atoms with Crippen LogP contribution in [0.3, 0.4) is 0 Å². The Hall–Kier alpha value is -1.82. The van der Waals surface area contributed by atoms with Crippen LogP contribution in [0.15, 0.2) is 24.3 Å². The molecule has 6 heteroatoms. The predicted molar refractivity (Wildman–Crippen MR) is 77.1 cm³/mol. The van der Waals surface area contributed by atoms with Gasteiger partial charge < -0.3 is 5.32 Å². The molecule has 4 nitrogen and oxygen atoms in total. The normalized spacial score (nSPS) is 12.2. The van der Waals surface area contributed by atoms with E-state index in [1.807, 2.05) is 6.92 Å². The van der Waals surface area contributed by atoms with Gasteiger partial charge in [-0.15, -0.1) is 5.10 Å². The van der Waals surface area contributed by atoms with E-state index in [0.29, 0.717) is 16.1 Å². The van der Waals surface area contributed by atoms with Crippen LogP contribution in [0.1, 0.15) is 36.4 Å². The van der Waals surface area contributed by atoms with Crippen molar-refractivity contribution in [2.75, 3.05) is 0 Å². The first-order valence-corrected chi connectivity index (χ1v) is 7.28. The summed E-state index contributed by atoms with van der Waals surface area (Å²) in [5.41, 5.74) is 1.18. The van der Waals surface area contributed by atoms with Crippen LogP contribution < -0.4 is 5.32 Å². The molecule has 2 rings (SSSR count). The molecule has 0 unspecified atom stereocenters. The highest BCUT2D eigenvalue weighted by atomic mass is 32.1. The summed E-state index contributed by atoms with van der Waals surface area (Å²) in [6.07, 6.45) is 1.93. The van der Waals surface area contributed by atoms with E-state index in [0.717, 1.165) is 24.4 Å². The molecule has 1 N–H and O–H groups in total. The van der Waals surface area contributed by atoms with Crippen molar-refractivity contribution in [1.29, 1.82) is 0 Å². The van der Waals surface area contributed by atoms with Gasteiger partial charge in [-0.25, -0.2) is 4.39 Å². The number of benzene rings is 1. The summed E-state index contributed by atoms with van der Waals surface area (Å²) < 4.78 is 16.8. The van der Waals surface area contributed by atoms with Gasteiger partial charge in [0.15, 0.2) is 0 Å². The van der Waals surface area contributed by atoms with Crippen LogP contribution in [0.5, 0.6) is 0 Å². The Balaban J connectivity index is 2.20. The summed E-state index contributed by atoms with van der Waals surface area (Å²) in [5.74, 6) is -0.500. The van der Waals surface area contributed by atoms with Gasteiger partial charge in [-0.3, -0.25) is 4.79 Å². The molecular formula is C14H16FN3OS. The van der Waals surface area contributed by atoms with E-state index in [1.165, 1.54) is 12.1 Å². The van der Waals surface area contributed by atoms with Crippen LogP contribution in [0, 0.1) is 5.82 Å². The predicted octanol–water partition coefficient (Wildman–Crippen LogP) is 3.26. The van der Waals surface area contributed by atoms with Crippen molar-refractivity contribution in [2.45, 2.75) is 32.7 Å². The fourth-order valence-electron chi connectivity index (χ4n) is 1.93. The first kappa shape index (κ1) is 14.6. The summed E-state index contributed by atoms with van der Waals surface area (Å²) >= 11 is 1.05. The van der Waals surface area contributed by atoms with Gasteiger partial charge in [0.1, 0.15) is 16.4 Å². The van der Waals surface area contributed by atoms with Crippen molar-refractivity contribution in [1.82, 2.24) is 14.9 Å². The number of nitrogens with zero attached hydrogens (tertiary/aromatic N) is 2. The quantitative estimate of drug-likeness (QED) is 0.920. The van der Waals surface area contributed by atoms with E-state index in [4.69, 9.17) is 0 Å². The zero-order valence-corrected chi connectivity index (χ0v) is 12.2. The fourth-order valence-corrected chi connectivity index (χ4v) is 2.52. The Morgan fingerprint density at radius 2 is 2.10 bits per heavy atom. The monoisotopic (exact) mass is 293 g/mol. The van der Waals surface area contributed by atoms with Crippen LogP contribution >= 0.6 is 11.5 Å². The van der Waals surface area contributed by atoms with E-state index in [-0.39, 0.29) is 17.8 Å². The number of hydrogen-bond donors (Lipinski definition) is 1. The first-order chi connectivity index (χ1) is 9.61. The molecule has 0 aliphatic rings. The minimum absolute atomic E-state index is 0.107. The lowest BCUT2D eigenvalue weighted by Gasteiger charge is -2.11. The Morgan fingerprint density at radius 1 is 1.40 bits per heavy atom. The first-order valence-electron chi connectivity index (χ1n) is 6.51. The Labute approximate surface area is 121 Å². The third-order valence-electron chi connectivity index (χ3n) is 2.91. The third-order valence-corrected chi connectivity index (χ3v) is 3.64. The SMILES string of the molecule is CCC[C@H](C)NC(=O)c1snnc1-c1ccc(F)cc1. The third kappa shape index (κ3) is 3.39. The second-order valence-corrected chi connectivity index (χ2v) is 5.37. The zero-order valence-electron chi connectivity index (χ0n) is 11.4. The number of rotatable bonds is 5. The molecule has 0 radical (unpaired) electrons. The molecule has 1 aromatic heterocycles. The second-order valence-electron chi connectivity index (χ2n) is 4.62. The van der Waals surface area contributed by atoms with Crippen molar-refractivity contribution >= 4 is 17.4 Å². The number of nitrogens with one attached hydrogen (secondary N) is 1. The maximum atomic E-state index is 12.9. The van der Waals surface area contributed by atoms with E-state index in [1.54, 1.807) is 12.1 Å². The van der Waals surface area contributed by atoms with Crippen LogP contribution in [-0.4, -0.2) is 21.5 Å². The molecule has 0 saturated heterocycles. The Bertz CT molecular complexity index is 582. The molecule has 1 atom stereocenters. The van der Waals surface area contributed by atoms with Gasteiger partial charge in [-0.05, 0) is 49.1 Å². The van der Waals surface area contributed by atoms with Crippen molar-refractivity contribution in [2.24, 2.45) is 0 Å². The van der Waals surface area contributed by atoms with Gasteiger partial charge in [0.2, 0.25) is 0 Å². The maximum Gasteiger partial charge on any atom is 0.265 e. The highest BCUT2D eigenvalue weighted by Crippen LogP contribution is 2.24. The van der Waals surface area contributed by atoms with Gasteiger partial charge in [-0.1, -0.05) is 17.8 Å². The van der Waals surface area contributed by atoms with Crippen LogP contribution in [0.2, 0.25) is 0 Å². The van der Waals surface area contributed by atoms with Crippen molar-refractivity contribution in [3.8, 4) is 11.3 Å². The number of aromatic nitrogens is 2. The number of halogens is 1. The minimum atomic E-state index is -0.320. The topological polar surface area (TPSA) is 54.9 Å². The van der Waals surface area contributed by atoms with Crippen LogP contribution in [0.25, 0.3) is 11.3 Å². The summed E-state index contributed by atoms with van der Waals surface area (Å²) in [6, 6.07) is 5.98. The maximum absolute atomic E-state index is 12.9. The standard InChI is InChI=1S/C14H16FN3OS/c1-3-4-9(2)16-14(19)13-12(17-18-20-13)10-5-7-11(15)8-6-10/h5-9H,3-4H2,1-2H3,(H,16,19)/t9-/m0/s1. The lowest BCUT2D eigenvalue weighted by molar-refractivity contribution is 0.0943. The van der Waals surface area contributed by atoms with E-state index in [2.05, 4.69) is 21.8 Å². The molecule has 20 heavy (non-hydrogen) atoms. The Kier molecular flexibility index (Phi) is 4.79. The van der Waals surface area contributed by atoms with E-state index < -0.39 is 0 Å². The van der Waals surface area contributed by atoms with Gasteiger partial charge >= 0.3 is 0 Å². The number of hydrogen-bond acceptors (Lipinski definition) is 4. The molecular weight excluding hydrogens is 277 g/mol. The van der Waals surface area contributed by atoms with Crippen LogP contribution in [0.4, 0.5) is 4.39 Å². The Morgan fingerprint density at radius 3 is 2.75 bits per heavy atom. The molecule has 0 aliphatic heterocycles. The largest absolute Gasteiger partial charge is 0.349 e. The number of carbonyl (C=O) groups is 1. The molecule has 2 aromatic rings. The van der Waals surface area contributed by atoms with E-state index in [9.17, 15) is 9.18 Å². The molecule has 0 spiro atoms. The van der Waals surface area contributed by atoms with Crippen LogP contribution in [-0.2, 0) is 0 Å². The second kappa shape index (κ2) is 6.56. The number of carbonyl (C=O) groups excluding carboxylic acids is 1.